The van der Waals surface area contributed by atoms with Gasteiger partial charge in [0, 0.05) is 26.2 Å². The van der Waals surface area contributed by atoms with Crippen molar-refractivity contribution < 1.29 is 23.5 Å². The lowest BCUT2D eigenvalue weighted by Crippen LogP contribution is -2.50. The van der Waals surface area contributed by atoms with Crippen LogP contribution in [0, 0.1) is 5.82 Å². The van der Waals surface area contributed by atoms with E-state index >= 15 is 0 Å². The first-order chi connectivity index (χ1) is 13.4. The number of nitrogens with one attached hydrogen (secondary N) is 1. The molecule has 3 N–H and O–H groups in total. The normalized spacial score (nSPS) is 19.6. The first-order valence-electron chi connectivity index (χ1n) is 8.86. The van der Waals surface area contributed by atoms with Crippen molar-refractivity contribution in [3.05, 3.63) is 24.0 Å². The van der Waals surface area contributed by atoms with Crippen LogP contribution in [0.4, 0.5) is 25.4 Å². The third-order valence-corrected chi connectivity index (χ3v) is 4.90. The van der Waals surface area contributed by atoms with Crippen LogP contribution in [-0.4, -0.2) is 74.1 Å². The highest BCUT2D eigenvalue weighted by Crippen LogP contribution is 2.28. The predicted octanol–water partition coefficient (Wildman–Crippen LogP) is 0.398. The van der Waals surface area contributed by atoms with Gasteiger partial charge in [-0.25, -0.2) is 9.18 Å². The largest absolute Gasteiger partial charge is 0.442 e. The van der Waals surface area contributed by atoms with E-state index in [-0.39, 0.29) is 25.5 Å². The molecule has 0 radical (unpaired) electrons. The summed E-state index contributed by atoms with van der Waals surface area (Å²) < 4.78 is 19.9. The molecule has 152 valence electrons. The second-order valence-electron chi connectivity index (χ2n) is 6.51. The number of carbonyl (C=O) groups is 3. The first kappa shape index (κ1) is 20.2. The van der Waals surface area contributed by atoms with E-state index in [0.29, 0.717) is 37.6 Å². The molecule has 28 heavy (non-hydrogen) atoms. The number of nitrogens with two attached hydrogens (primary N) is 1. The van der Waals surface area contributed by atoms with Gasteiger partial charge in [-0.3, -0.25) is 14.5 Å². The van der Waals surface area contributed by atoms with Gasteiger partial charge in [0.2, 0.25) is 5.91 Å². The van der Waals surface area contributed by atoms with Gasteiger partial charge >= 0.3 is 6.09 Å². The van der Waals surface area contributed by atoms with Crippen LogP contribution in [0.15, 0.2) is 18.2 Å². The Morgan fingerprint density at radius 1 is 1.29 bits per heavy atom. The van der Waals surface area contributed by atoms with E-state index in [1.165, 1.54) is 11.0 Å². The standard InChI is InChI=1S/C17H22FN5O4S/c18-13-7-11(23-10-12(27-17(23)26)9-20-16(25)28)1-2-14(13)21-3-5-22(6-4-21)15(24)8-19/h1-2,7,12H,3-6,8-10,19H2,(H2,20,25,28). The minimum absolute atomic E-state index is 0.0341. The monoisotopic (exact) mass is 411 g/mol. The molecule has 0 spiro atoms. The molecular formula is C17H22FN5O4S. The Balaban J connectivity index is 1.64. The molecule has 2 aliphatic heterocycles. The molecule has 2 fully saturated rings. The number of hydrogen-bond acceptors (Lipinski definition) is 6. The van der Waals surface area contributed by atoms with Crippen molar-refractivity contribution in [2.75, 3.05) is 55.6 Å². The van der Waals surface area contributed by atoms with Crippen LogP contribution in [0.3, 0.4) is 0 Å². The summed E-state index contributed by atoms with van der Waals surface area (Å²) >= 11 is 3.60. The molecule has 1 aromatic carbocycles. The summed E-state index contributed by atoms with van der Waals surface area (Å²) in [6.45, 7) is 2.26. The van der Waals surface area contributed by atoms with Crippen LogP contribution in [0.2, 0.25) is 0 Å². The second kappa shape index (κ2) is 8.65. The molecule has 0 bridgehead atoms. The summed E-state index contributed by atoms with van der Waals surface area (Å²) in [7, 11) is 0. The van der Waals surface area contributed by atoms with Crippen LogP contribution in [-0.2, 0) is 9.53 Å². The van der Waals surface area contributed by atoms with Gasteiger partial charge in [0.05, 0.1) is 31.0 Å². The number of rotatable bonds is 5. The quantitative estimate of drug-likeness (QED) is 0.606. The molecule has 11 heteroatoms. The Hall–Kier alpha value is -2.53. The van der Waals surface area contributed by atoms with Crippen LogP contribution in [0.1, 0.15) is 0 Å². The number of carbonyl (C=O) groups excluding carboxylic acids is 3. The number of nitrogens with zero attached hydrogens (tertiary/aromatic N) is 3. The van der Waals surface area contributed by atoms with Crippen molar-refractivity contribution in [3.63, 3.8) is 0 Å². The molecule has 1 atom stereocenters. The summed E-state index contributed by atoms with van der Waals surface area (Å²) in [6.07, 6.45) is -1.13. The minimum Gasteiger partial charge on any atom is -0.442 e. The Morgan fingerprint density at radius 3 is 2.61 bits per heavy atom. The number of anilines is 2. The van der Waals surface area contributed by atoms with Gasteiger partial charge in [-0.2, -0.15) is 0 Å². The van der Waals surface area contributed by atoms with E-state index in [1.807, 2.05) is 4.90 Å². The zero-order valence-corrected chi connectivity index (χ0v) is 16.0. The lowest BCUT2D eigenvalue weighted by atomic mass is 10.2. The highest BCUT2D eigenvalue weighted by Gasteiger charge is 2.33. The van der Waals surface area contributed by atoms with Crippen molar-refractivity contribution in [1.82, 2.24) is 10.2 Å². The van der Waals surface area contributed by atoms with Gasteiger partial charge in [0.25, 0.3) is 5.24 Å². The van der Waals surface area contributed by atoms with Gasteiger partial charge in [0.1, 0.15) is 11.9 Å². The molecular weight excluding hydrogens is 389 g/mol. The number of hydrogen-bond donors (Lipinski definition) is 3. The van der Waals surface area contributed by atoms with E-state index in [2.05, 4.69) is 17.9 Å². The fourth-order valence-corrected chi connectivity index (χ4v) is 3.38. The third kappa shape index (κ3) is 4.47. The Labute approximate surface area is 167 Å². The number of cyclic esters (lactones) is 1. The van der Waals surface area contributed by atoms with Crippen LogP contribution in [0.25, 0.3) is 0 Å². The molecule has 0 aliphatic carbocycles. The molecule has 3 amide bonds. The number of ether oxygens (including phenoxy) is 1. The number of halogens is 1. The van der Waals surface area contributed by atoms with Crippen molar-refractivity contribution >= 4 is 41.2 Å². The summed E-state index contributed by atoms with van der Waals surface area (Å²) in [4.78, 5) is 39.4. The van der Waals surface area contributed by atoms with Crippen LogP contribution in [0.5, 0.6) is 0 Å². The Morgan fingerprint density at radius 2 is 2.00 bits per heavy atom. The first-order valence-corrected chi connectivity index (χ1v) is 9.31. The van der Waals surface area contributed by atoms with Gasteiger partial charge in [-0.05, 0) is 18.2 Å². The second-order valence-corrected chi connectivity index (χ2v) is 6.92. The minimum atomic E-state index is -0.598. The average molecular weight is 411 g/mol. The fraction of sp³-hybridized carbons (Fsp3) is 0.471. The Bertz CT molecular complexity index is 772. The highest BCUT2D eigenvalue weighted by molar-refractivity contribution is 7.96. The molecule has 2 aliphatic rings. The van der Waals surface area contributed by atoms with Gasteiger partial charge < -0.3 is 25.6 Å². The molecule has 2 saturated heterocycles. The maximum Gasteiger partial charge on any atom is 0.414 e. The SMILES string of the molecule is NCC(=O)N1CCN(c2ccc(N3CC(CNC(=O)S)OC3=O)cc2F)CC1. The summed E-state index contributed by atoms with van der Waals surface area (Å²) in [6, 6.07) is 4.55. The van der Waals surface area contributed by atoms with E-state index in [0.717, 1.165) is 0 Å². The lowest BCUT2D eigenvalue weighted by Gasteiger charge is -2.36. The predicted molar refractivity (Wildman–Crippen MR) is 104 cm³/mol. The number of benzene rings is 1. The van der Waals surface area contributed by atoms with E-state index in [4.69, 9.17) is 10.5 Å². The van der Waals surface area contributed by atoms with Crippen LogP contribution >= 0.6 is 12.6 Å². The van der Waals surface area contributed by atoms with Gasteiger partial charge in [0.15, 0.2) is 0 Å². The number of thiol groups is 1. The Kier molecular flexibility index (Phi) is 6.25. The van der Waals surface area contributed by atoms with Crippen molar-refractivity contribution in [1.29, 1.82) is 0 Å². The van der Waals surface area contributed by atoms with Crippen molar-refractivity contribution in [3.8, 4) is 0 Å². The zero-order valence-electron chi connectivity index (χ0n) is 15.1. The third-order valence-electron chi connectivity index (χ3n) is 4.75. The van der Waals surface area contributed by atoms with Crippen molar-refractivity contribution in [2.45, 2.75) is 6.10 Å². The van der Waals surface area contributed by atoms with Gasteiger partial charge in [-0.15, -0.1) is 0 Å². The maximum atomic E-state index is 14.7. The number of piperazine rings is 1. The maximum absolute atomic E-state index is 14.7. The lowest BCUT2D eigenvalue weighted by molar-refractivity contribution is -0.129. The number of amides is 3. The molecule has 1 unspecified atom stereocenters. The molecule has 1 aromatic rings. The smallest absolute Gasteiger partial charge is 0.414 e. The summed E-state index contributed by atoms with van der Waals surface area (Å²) in [5.74, 6) is -0.581. The molecule has 2 heterocycles. The average Bonchev–Trinajstić information content (AvgIpc) is 3.06. The van der Waals surface area contributed by atoms with Gasteiger partial charge in [-0.1, -0.05) is 12.6 Å². The molecule has 3 rings (SSSR count). The zero-order chi connectivity index (χ0) is 20.3. The van der Waals surface area contributed by atoms with Crippen LogP contribution < -0.4 is 20.9 Å². The fourth-order valence-electron chi connectivity index (χ4n) is 3.29. The van der Waals surface area contributed by atoms with E-state index in [9.17, 15) is 18.8 Å². The van der Waals surface area contributed by atoms with Crippen molar-refractivity contribution in [2.24, 2.45) is 5.73 Å². The molecule has 0 saturated carbocycles. The summed E-state index contributed by atoms with van der Waals surface area (Å²) in [5.41, 5.74) is 6.16. The summed E-state index contributed by atoms with van der Waals surface area (Å²) in [5, 5.41) is 1.95. The molecule has 0 aromatic heterocycles. The van der Waals surface area contributed by atoms with E-state index in [1.54, 1.807) is 17.0 Å². The highest BCUT2D eigenvalue weighted by atomic mass is 32.1. The van der Waals surface area contributed by atoms with E-state index < -0.39 is 23.3 Å². The topological polar surface area (TPSA) is 108 Å². The molecule has 9 nitrogen and oxygen atoms in total.